The van der Waals surface area contributed by atoms with Crippen molar-refractivity contribution >= 4 is 17.2 Å². The summed E-state index contributed by atoms with van der Waals surface area (Å²) in [5.41, 5.74) is 1.76. The van der Waals surface area contributed by atoms with Crippen LogP contribution in [0.1, 0.15) is 47.2 Å². The maximum Gasteiger partial charge on any atom is 0.341 e. The van der Waals surface area contributed by atoms with E-state index in [0.717, 1.165) is 31.5 Å². The number of halogens is 1. The lowest BCUT2D eigenvalue weighted by atomic mass is 10.0. The minimum absolute atomic E-state index is 0.147. The van der Waals surface area contributed by atoms with Crippen LogP contribution in [0.4, 0.5) is 10.1 Å². The van der Waals surface area contributed by atoms with Crippen LogP contribution >= 0.6 is 0 Å². The van der Waals surface area contributed by atoms with Crippen LogP contribution in [-0.4, -0.2) is 53.1 Å². The molecule has 4 rings (SSSR count). The van der Waals surface area contributed by atoms with Gasteiger partial charge in [0.05, 0.1) is 17.4 Å². The van der Waals surface area contributed by atoms with E-state index in [2.05, 4.69) is 23.8 Å². The highest BCUT2D eigenvalue weighted by Gasteiger charge is 2.32. The number of pyridine rings is 2. The molecule has 1 unspecified atom stereocenters. The Balaban J connectivity index is 1.98. The predicted molar refractivity (Wildman–Crippen MR) is 102 cm³/mol. The second-order valence-electron chi connectivity index (χ2n) is 7.87. The number of nitrogens with zero attached hydrogens (tertiary/aromatic N) is 3. The number of hydrogen-bond donors (Lipinski definition) is 1. The van der Waals surface area contributed by atoms with Crippen molar-refractivity contribution in [3.63, 3.8) is 0 Å². The van der Waals surface area contributed by atoms with Gasteiger partial charge < -0.3 is 14.9 Å². The molecule has 2 aromatic heterocycles. The number of likely N-dealkylation sites (N-methyl/N-ethyl adjacent to an activating group) is 1. The number of carbonyl (C=O) groups is 1. The van der Waals surface area contributed by atoms with E-state index in [0.29, 0.717) is 23.3 Å². The maximum absolute atomic E-state index is 15.1. The topological polar surface area (TPSA) is 65.3 Å². The molecule has 0 bridgehead atoms. The highest BCUT2D eigenvalue weighted by molar-refractivity contribution is 5.89. The SMILES string of the molecule is Cc1c(N2CCN(C)CC2C)c(F)cn2c(=O)c(C(=O)O)cc(C3CC3)c12. The first-order valence-corrected chi connectivity index (χ1v) is 9.36. The van der Waals surface area contributed by atoms with Crippen molar-refractivity contribution in [1.29, 1.82) is 0 Å². The van der Waals surface area contributed by atoms with Gasteiger partial charge >= 0.3 is 5.97 Å². The van der Waals surface area contributed by atoms with Crippen molar-refractivity contribution in [3.05, 3.63) is 45.1 Å². The molecule has 1 aliphatic heterocycles. The average Bonchev–Trinajstić information content (AvgIpc) is 3.42. The van der Waals surface area contributed by atoms with Crippen molar-refractivity contribution in [2.24, 2.45) is 0 Å². The summed E-state index contributed by atoms with van der Waals surface area (Å²) >= 11 is 0. The van der Waals surface area contributed by atoms with Gasteiger partial charge in [-0.2, -0.15) is 0 Å². The molecule has 0 aromatic carbocycles. The summed E-state index contributed by atoms with van der Waals surface area (Å²) in [4.78, 5) is 28.4. The van der Waals surface area contributed by atoms with Gasteiger partial charge in [-0.05, 0) is 56.8 Å². The zero-order valence-electron chi connectivity index (χ0n) is 15.8. The molecule has 1 atom stereocenters. The Morgan fingerprint density at radius 1 is 1.30 bits per heavy atom. The number of rotatable bonds is 3. The lowest BCUT2D eigenvalue weighted by Crippen LogP contribution is -2.51. The van der Waals surface area contributed by atoms with Gasteiger partial charge in [-0.3, -0.25) is 9.20 Å². The normalized spacial score (nSPS) is 21.0. The summed E-state index contributed by atoms with van der Waals surface area (Å²) in [5, 5.41) is 9.39. The second kappa shape index (κ2) is 6.34. The van der Waals surface area contributed by atoms with Crippen molar-refractivity contribution in [2.45, 2.75) is 38.6 Å². The maximum atomic E-state index is 15.1. The highest BCUT2D eigenvalue weighted by Crippen LogP contribution is 2.44. The van der Waals surface area contributed by atoms with Crippen LogP contribution in [0.5, 0.6) is 0 Å². The van der Waals surface area contributed by atoms with Crippen LogP contribution in [0, 0.1) is 12.7 Å². The summed E-state index contributed by atoms with van der Waals surface area (Å²) in [6.45, 7) is 6.30. The molecule has 0 radical (unpaired) electrons. The van der Waals surface area contributed by atoms with E-state index >= 15 is 4.39 Å². The van der Waals surface area contributed by atoms with Crippen molar-refractivity contribution < 1.29 is 14.3 Å². The van der Waals surface area contributed by atoms with Crippen LogP contribution in [0.25, 0.3) is 5.52 Å². The molecule has 2 aliphatic rings. The fourth-order valence-corrected chi connectivity index (χ4v) is 4.33. The summed E-state index contributed by atoms with van der Waals surface area (Å²) in [7, 11) is 2.05. The molecule has 1 N–H and O–H groups in total. The van der Waals surface area contributed by atoms with Gasteiger partial charge in [0.2, 0.25) is 0 Å². The molecule has 3 heterocycles. The molecule has 0 amide bonds. The summed E-state index contributed by atoms with van der Waals surface area (Å²) < 4.78 is 16.3. The molecular weight excluding hydrogens is 349 g/mol. The third-order valence-corrected chi connectivity index (χ3v) is 5.81. The molecule has 1 saturated carbocycles. The number of fused-ring (bicyclic) bond motifs is 1. The molecule has 27 heavy (non-hydrogen) atoms. The third kappa shape index (κ3) is 2.90. The Morgan fingerprint density at radius 2 is 2.00 bits per heavy atom. The Hall–Kier alpha value is -2.41. The van der Waals surface area contributed by atoms with Gasteiger partial charge in [-0.15, -0.1) is 0 Å². The van der Waals surface area contributed by atoms with Gasteiger partial charge in [0, 0.05) is 25.7 Å². The quantitative estimate of drug-likeness (QED) is 0.895. The van der Waals surface area contributed by atoms with Crippen molar-refractivity contribution in [2.75, 3.05) is 31.6 Å². The van der Waals surface area contributed by atoms with Gasteiger partial charge in [0.25, 0.3) is 5.56 Å². The van der Waals surface area contributed by atoms with E-state index in [1.54, 1.807) is 0 Å². The average molecular weight is 373 g/mol. The smallest absolute Gasteiger partial charge is 0.341 e. The summed E-state index contributed by atoms with van der Waals surface area (Å²) in [6.07, 6.45) is 3.09. The molecule has 2 fully saturated rings. The van der Waals surface area contributed by atoms with Crippen molar-refractivity contribution in [1.82, 2.24) is 9.30 Å². The number of carboxylic acids is 1. The summed E-state index contributed by atoms with van der Waals surface area (Å²) in [5.74, 6) is -1.52. The first kappa shape index (κ1) is 18.0. The van der Waals surface area contributed by atoms with Crippen LogP contribution in [-0.2, 0) is 0 Å². The standard InChI is InChI=1S/C20H24FN3O3/c1-11-9-22(3)6-7-23(11)18-12(2)17-14(13-4-5-13)8-15(20(26)27)19(25)24(17)10-16(18)21/h8,10-11,13H,4-7,9H2,1-3H3,(H,26,27). The van der Waals surface area contributed by atoms with Crippen molar-refractivity contribution in [3.8, 4) is 0 Å². The number of aryl methyl sites for hydroxylation is 1. The van der Waals surface area contributed by atoms with Crippen LogP contribution < -0.4 is 10.5 Å². The number of aromatic carboxylic acids is 1. The first-order valence-electron chi connectivity index (χ1n) is 9.36. The Morgan fingerprint density at radius 3 is 2.59 bits per heavy atom. The van der Waals surface area contributed by atoms with E-state index < -0.39 is 17.3 Å². The van der Waals surface area contributed by atoms with E-state index in [9.17, 15) is 14.7 Å². The minimum atomic E-state index is -1.27. The van der Waals surface area contributed by atoms with E-state index in [4.69, 9.17) is 0 Å². The predicted octanol–water partition coefficient (Wildman–Crippen LogP) is 2.46. The number of carboxylic acid groups (broad SMARTS) is 1. The zero-order chi connectivity index (χ0) is 19.5. The lowest BCUT2D eigenvalue weighted by Gasteiger charge is -2.40. The molecule has 7 heteroatoms. The molecule has 2 aromatic rings. The molecule has 0 spiro atoms. The third-order valence-electron chi connectivity index (χ3n) is 5.81. The number of hydrogen-bond acceptors (Lipinski definition) is 4. The molecule has 1 aliphatic carbocycles. The Bertz CT molecular complexity index is 996. The van der Waals surface area contributed by atoms with E-state index in [-0.39, 0.29) is 17.5 Å². The van der Waals surface area contributed by atoms with Gasteiger partial charge in [-0.1, -0.05) is 0 Å². The lowest BCUT2D eigenvalue weighted by molar-refractivity contribution is 0.0694. The molecule has 1 saturated heterocycles. The zero-order valence-corrected chi connectivity index (χ0v) is 15.8. The van der Waals surface area contributed by atoms with Crippen LogP contribution in [0.2, 0.25) is 0 Å². The molecule has 6 nitrogen and oxygen atoms in total. The highest BCUT2D eigenvalue weighted by atomic mass is 19.1. The second-order valence-corrected chi connectivity index (χ2v) is 7.87. The van der Waals surface area contributed by atoms with E-state index in [1.165, 1.54) is 16.7 Å². The molecule has 144 valence electrons. The molecular formula is C20H24FN3O3. The first-order chi connectivity index (χ1) is 12.8. The monoisotopic (exact) mass is 373 g/mol. The van der Waals surface area contributed by atoms with Crippen LogP contribution in [0.15, 0.2) is 17.1 Å². The fourth-order valence-electron chi connectivity index (χ4n) is 4.33. The Kier molecular flexibility index (Phi) is 4.22. The number of aromatic nitrogens is 1. The fraction of sp³-hybridized carbons (Fsp3) is 0.500. The Labute approximate surface area is 156 Å². The number of piperazine rings is 1. The van der Waals surface area contributed by atoms with Crippen LogP contribution in [0.3, 0.4) is 0 Å². The summed E-state index contributed by atoms with van der Waals surface area (Å²) in [6, 6.07) is 1.65. The minimum Gasteiger partial charge on any atom is -0.477 e. The van der Waals surface area contributed by atoms with Gasteiger partial charge in [-0.25, -0.2) is 9.18 Å². The van der Waals surface area contributed by atoms with E-state index in [1.807, 2.05) is 6.92 Å². The largest absolute Gasteiger partial charge is 0.477 e. The van der Waals surface area contributed by atoms with Gasteiger partial charge in [0.1, 0.15) is 5.56 Å². The number of anilines is 1. The van der Waals surface area contributed by atoms with Gasteiger partial charge in [0.15, 0.2) is 5.82 Å².